The van der Waals surface area contributed by atoms with Crippen molar-refractivity contribution >= 4 is 5.78 Å². The van der Waals surface area contributed by atoms with Crippen LogP contribution < -0.4 is 21.5 Å². The van der Waals surface area contributed by atoms with E-state index in [-0.39, 0.29) is 35.1 Å². The van der Waals surface area contributed by atoms with Gasteiger partial charge in [-0.25, -0.2) is 4.39 Å². The predicted octanol–water partition coefficient (Wildman–Crippen LogP) is -0.383. The molecule has 2 aromatic rings. The second-order valence-electron chi connectivity index (χ2n) is 4.33. The van der Waals surface area contributed by atoms with Gasteiger partial charge in [0.2, 0.25) is 12.3 Å². The van der Waals surface area contributed by atoms with E-state index in [0.717, 1.165) is 11.3 Å². The van der Waals surface area contributed by atoms with Crippen molar-refractivity contribution in [3.8, 4) is 0 Å². The van der Waals surface area contributed by atoms with E-state index in [0.29, 0.717) is 5.56 Å². The zero-order valence-electron chi connectivity index (χ0n) is 10.9. The summed E-state index contributed by atoms with van der Waals surface area (Å²) >= 11 is 0. The van der Waals surface area contributed by atoms with Crippen LogP contribution in [0.2, 0.25) is 0 Å². The van der Waals surface area contributed by atoms with Gasteiger partial charge < -0.3 is 17.0 Å². The first-order valence-corrected chi connectivity index (χ1v) is 5.82. The molecule has 0 bridgehead atoms. The van der Waals surface area contributed by atoms with Crippen molar-refractivity contribution in [1.82, 2.24) is 0 Å². The molecule has 1 aromatic carbocycles. The minimum absolute atomic E-state index is 0. The number of carbonyl (C=O) groups is 1. The summed E-state index contributed by atoms with van der Waals surface area (Å²) in [4.78, 5) is 12.0. The molecule has 0 N–H and O–H groups in total. The smallest absolute Gasteiger partial charge is 0.227 e. The van der Waals surface area contributed by atoms with E-state index in [4.69, 9.17) is 0 Å². The second kappa shape index (κ2) is 6.57. The summed E-state index contributed by atoms with van der Waals surface area (Å²) in [6.45, 7) is 4.26. The second-order valence-corrected chi connectivity index (χ2v) is 4.33. The van der Waals surface area contributed by atoms with Gasteiger partial charge in [0.1, 0.15) is 5.82 Å². The number of carbonyl (C=O) groups excluding carboxylic acids is 1. The van der Waals surface area contributed by atoms with E-state index in [2.05, 4.69) is 0 Å². The molecule has 0 amide bonds. The average Bonchev–Trinajstić information content (AvgIpc) is 2.36. The van der Waals surface area contributed by atoms with E-state index in [1.807, 2.05) is 36.7 Å². The Kier molecular flexibility index (Phi) is 5.36. The number of aryl methyl sites for hydroxylation is 1. The summed E-state index contributed by atoms with van der Waals surface area (Å²) in [5.74, 6) is -0.348. The van der Waals surface area contributed by atoms with Gasteiger partial charge in [0.05, 0.1) is 0 Å². The van der Waals surface area contributed by atoms with Gasteiger partial charge in [-0.3, -0.25) is 4.79 Å². The molecule has 0 aliphatic carbocycles. The van der Waals surface area contributed by atoms with Crippen LogP contribution in [0.5, 0.6) is 0 Å². The van der Waals surface area contributed by atoms with Gasteiger partial charge in [0.15, 0.2) is 11.9 Å². The Labute approximate surface area is 122 Å². The van der Waals surface area contributed by atoms with Crippen molar-refractivity contribution in [2.45, 2.75) is 20.4 Å². The first-order valence-electron chi connectivity index (χ1n) is 5.82. The molecule has 1 aromatic heterocycles. The summed E-state index contributed by atoms with van der Waals surface area (Å²) in [6, 6.07) is 9.57. The monoisotopic (exact) mass is 323 g/mol. The molecule has 0 unspecified atom stereocenters. The van der Waals surface area contributed by atoms with E-state index >= 15 is 0 Å². The maximum Gasteiger partial charge on any atom is 0.227 e. The summed E-state index contributed by atoms with van der Waals surface area (Å²) < 4.78 is 14.7. The normalized spacial score (nSPS) is 9.84. The Hall–Kier alpha value is -1.55. The lowest BCUT2D eigenvalue weighted by Gasteiger charge is -2.02. The van der Waals surface area contributed by atoms with Gasteiger partial charge in [-0.15, -0.1) is 0 Å². The number of rotatable bonds is 3. The number of hydrogen-bond acceptors (Lipinski definition) is 1. The zero-order valence-corrected chi connectivity index (χ0v) is 12.4. The fourth-order valence-corrected chi connectivity index (χ4v) is 1.80. The number of pyridine rings is 1. The lowest BCUT2D eigenvalue weighted by molar-refractivity contribution is -0.689. The van der Waals surface area contributed by atoms with E-state index < -0.39 is 0 Å². The highest BCUT2D eigenvalue weighted by atomic mass is 79.9. The van der Waals surface area contributed by atoms with Crippen LogP contribution in [0.4, 0.5) is 4.39 Å². The molecule has 0 fully saturated rings. The SMILES string of the molecule is Cc1ccc[n+](CC(=O)c2ccc(F)cc2)c1C.[Br-]. The number of benzene rings is 1. The maximum absolute atomic E-state index is 12.8. The minimum Gasteiger partial charge on any atom is -1.00 e. The van der Waals surface area contributed by atoms with Crippen LogP contribution in [0.3, 0.4) is 0 Å². The zero-order chi connectivity index (χ0) is 13.1. The first kappa shape index (κ1) is 15.5. The van der Waals surface area contributed by atoms with Crippen molar-refractivity contribution in [2.24, 2.45) is 0 Å². The Morgan fingerprint density at radius 1 is 1.16 bits per heavy atom. The maximum atomic E-state index is 12.8. The summed E-state index contributed by atoms with van der Waals surface area (Å²) in [5, 5.41) is 0. The first-order chi connectivity index (χ1) is 8.58. The molecule has 1 heterocycles. The van der Waals surface area contributed by atoms with E-state index in [1.165, 1.54) is 24.3 Å². The Bertz CT molecular complexity index is 581. The Balaban J connectivity index is 0.00000180. The van der Waals surface area contributed by atoms with Crippen LogP contribution in [0, 0.1) is 19.7 Å². The molecule has 100 valence electrons. The Morgan fingerprint density at radius 2 is 1.79 bits per heavy atom. The molecule has 0 aliphatic rings. The van der Waals surface area contributed by atoms with Gasteiger partial charge in [0, 0.05) is 24.1 Å². The largest absolute Gasteiger partial charge is 1.00 e. The Morgan fingerprint density at radius 3 is 2.42 bits per heavy atom. The highest BCUT2D eigenvalue weighted by Gasteiger charge is 2.15. The topological polar surface area (TPSA) is 20.9 Å². The fourth-order valence-electron chi connectivity index (χ4n) is 1.80. The number of nitrogens with zero attached hydrogens (tertiary/aromatic N) is 1. The summed E-state index contributed by atoms with van der Waals surface area (Å²) in [7, 11) is 0. The van der Waals surface area contributed by atoms with E-state index in [1.54, 1.807) is 0 Å². The molecular formula is C15H15BrFNO. The molecule has 0 atom stereocenters. The van der Waals surface area contributed by atoms with Gasteiger partial charge >= 0.3 is 0 Å². The molecule has 2 nitrogen and oxygen atoms in total. The number of halogens is 2. The van der Waals surface area contributed by atoms with Gasteiger partial charge in [-0.1, -0.05) is 0 Å². The predicted molar refractivity (Wildman–Crippen MR) is 66.8 cm³/mol. The van der Waals surface area contributed by atoms with Gasteiger partial charge in [-0.05, 0) is 37.3 Å². The number of hydrogen-bond donors (Lipinski definition) is 0. The third kappa shape index (κ3) is 3.70. The highest BCUT2D eigenvalue weighted by Crippen LogP contribution is 2.05. The standard InChI is InChI=1S/C15H15FNO.BrH/c1-11-4-3-9-17(12(11)2)10-15(18)13-5-7-14(16)8-6-13;/h3-9H,10H2,1-2H3;1H/q+1;/p-1. The quantitative estimate of drug-likeness (QED) is 0.557. The molecule has 0 saturated carbocycles. The number of aromatic nitrogens is 1. The van der Waals surface area contributed by atoms with Crippen LogP contribution in [-0.4, -0.2) is 5.78 Å². The highest BCUT2D eigenvalue weighted by molar-refractivity contribution is 5.94. The molecule has 0 aliphatic heterocycles. The fraction of sp³-hybridized carbons (Fsp3) is 0.200. The van der Waals surface area contributed by atoms with Crippen molar-refractivity contribution in [3.05, 3.63) is 65.2 Å². The lowest BCUT2D eigenvalue weighted by atomic mass is 10.1. The lowest BCUT2D eigenvalue weighted by Crippen LogP contribution is -3.00. The van der Waals surface area contributed by atoms with Crippen LogP contribution in [0.15, 0.2) is 42.6 Å². The van der Waals surface area contributed by atoms with Crippen molar-refractivity contribution in [2.75, 3.05) is 0 Å². The summed E-state index contributed by atoms with van der Waals surface area (Å²) in [5.41, 5.74) is 2.74. The van der Waals surface area contributed by atoms with Gasteiger partial charge in [-0.2, -0.15) is 4.57 Å². The average molecular weight is 324 g/mol. The van der Waals surface area contributed by atoms with Crippen LogP contribution in [-0.2, 0) is 6.54 Å². The van der Waals surface area contributed by atoms with Gasteiger partial charge in [0.25, 0.3) is 0 Å². The summed E-state index contributed by atoms with van der Waals surface area (Å²) in [6.07, 6.45) is 1.88. The van der Waals surface area contributed by atoms with Crippen LogP contribution in [0.25, 0.3) is 0 Å². The third-order valence-electron chi connectivity index (χ3n) is 3.09. The molecule has 0 saturated heterocycles. The van der Waals surface area contributed by atoms with E-state index in [9.17, 15) is 9.18 Å². The van der Waals surface area contributed by atoms with Crippen LogP contribution in [0.1, 0.15) is 21.6 Å². The minimum atomic E-state index is -0.328. The third-order valence-corrected chi connectivity index (χ3v) is 3.09. The van der Waals surface area contributed by atoms with Crippen LogP contribution >= 0.6 is 0 Å². The van der Waals surface area contributed by atoms with Crippen molar-refractivity contribution in [1.29, 1.82) is 0 Å². The number of Topliss-reactive ketones (excluding diaryl/α,β-unsaturated/α-hetero) is 1. The van der Waals surface area contributed by atoms with Crippen molar-refractivity contribution in [3.63, 3.8) is 0 Å². The van der Waals surface area contributed by atoms with Crippen molar-refractivity contribution < 1.29 is 30.7 Å². The molecular weight excluding hydrogens is 309 g/mol. The number of ketones is 1. The molecule has 19 heavy (non-hydrogen) atoms. The molecule has 0 spiro atoms. The molecule has 2 rings (SSSR count). The molecule has 0 radical (unpaired) electrons. The molecule has 4 heteroatoms.